The predicted octanol–water partition coefficient (Wildman–Crippen LogP) is 2.98. The Morgan fingerprint density at radius 1 is 1.24 bits per heavy atom. The topological polar surface area (TPSA) is 35.5 Å². The van der Waals surface area contributed by atoms with E-state index in [-0.39, 0.29) is 11.9 Å². The lowest BCUT2D eigenvalue weighted by molar-refractivity contribution is -0.142. The number of hydrogen-bond acceptors (Lipinski definition) is 3. The molecule has 0 saturated heterocycles. The van der Waals surface area contributed by atoms with Crippen LogP contribution in [-0.4, -0.2) is 20.2 Å². The molecule has 0 fully saturated rings. The summed E-state index contributed by atoms with van der Waals surface area (Å²) in [7, 11) is 3.08. The van der Waals surface area contributed by atoms with Crippen LogP contribution in [0.1, 0.15) is 36.0 Å². The van der Waals surface area contributed by atoms with E-state index in [2.05, 4.69) is 0 Å². The second-order valence-electron chi connectivity index (χ2n) is 4.09. The van der Waals surface area contributed by atoms with Gasteiger partial charge in [-0.3, -0.25) is 4.79 Å². The Kier molecular flexibility index (Phi) is 4.55. The molecular weight excluding hydrogens is 216 g/mol. The van der Waals surface area contributed by atoms with E-state index in [0.717, 1.165) is 28.9 Å². The van der Waals surface area contributed by atoms with Gasteiger partial charge in [-0.2, -0.15) is 0 Å². The highest BCUT2D eigenvalue weighted by Crippen LogP contribution is 2.30. The van der Waals surface area contributed by atoms with Gasteiger partial charge in [-0.05, 0) is 43.0 Å². The van der Waals surface area contributed by atoms with Gasteiger partial charge in [-0.1, -0.05) is 13.0 Å². The van der Waals surface area contributed by atoms with E-state index in [4.69, 9.17) is 9.47 Å². The number of carbonyl (C=O) groups excluding carboxylic acids is 1. The Labute approximate surface area is 103 Å². The van der Waals surface area contributed by atoms with Crippen molar-refractivity contribution in [3.05, 3.63) is 28.8 Å². The van der Waals surface area contributed by atoms with Crippen molar-refractivity contribution in [2.75, 3.05) is 14.2 Å². The first-order chi connectivity index (χ1) is 8.06. The van der Waals surface area contributed by atoms with Crippen LogP contribution in [0.3, 0.4) is 0 Å². The van der Waals surface area contributed by atoms with Crippen LogP contribution < -0.4 is 4.74 Å². The molecule has 0 aliphatic carbocycles. The highest BCUT2D eigenvalue weighted by atomic mass is 16.5. The Balaban J connectivity index is 3.22. The van der Waals surface area contributed by atoms with Crippen molar-refractivity contribution >= 4 is 5.97 Å². The van der Waals surface area contributed by atoms with Crippen LogP contribution in [0.2, 0.25) is 0 Å². The minimum absolute atomic E-state index is 0.180. The van der Waals surface area contributed by atoms with Crippen LogP contribution in [0, 0.1) is 13.8 Å². The summed E-state index contributed by atoms with van der Waals surface area (Å²) in [5.41, 5.74) is 3.20. The van der Waals surface area contributed by atoms with Crippen LogP contribution in [-0.2, 0) is 9.53 Å². The second kappa shape index (κ2) is 5.71. The van der Waals surface area contributed by atoms with E-state index in [1.807, 2.05) is 32.9 Å². The number of hydrogen-bond donors (Lipinski definition) is 0. The van der Waals surface area contributed by atoms with Crippen molar-refractivity contribution in [3.63, 3.8) is 0 Å². The fourth-order valence-electron chi connectivity index (χ4n) is 2.07. The molecule has 3 nitrogen and oxygen atoms in total. The largest absolute Gasteiger partial charge is 0.496 e. The molecule has 0 aliphatic rings. The monoisotopic (exact) mass is 236 g/mol. The minimum Gasteiger partial charge on any atom is -0.496 e. The molecule has 0 aromatic heterocycles. The molecule has 1 aromatic carbocycles. The summed E-state index contributed by atoms with van der Waals surface area (Å²) in [6, 6.07) is 3.86. The van der Waals surface area contributed by atoms with E-state index in [1.165, 1.54) is 7.11 Å². The Morgan fingerprint density at radius 2 is 1.88 bits per heavy atom. The molecule has 1 atom stereocenters. The average Bonchev–Trinajstić information content (AvgIpc) is 2.35. The molecule has 0 saturated carbocycles. The predicted molar refractivity (Wildman–Crippen MR) is 67.5 cm³/mol. The summed E-state index contributed by atoms with van der Waals surface area (Å²) >= 11 is 0. The lowest BCUT2D eigenvalue weighted by atomic mass is 9.90. The first-order valence-electron chi connectivity index (χ1n) is 5.78. The van der Waals surface area contributed by atoms with Gasteiger partial charge in [0, 0.05) is 0 Å². The SMILES string of the molecule is CCC(C(=O)OC)c1ccc(OC)c(C)c1C. The Bertz CT molecular complexity index is 410. The first kappa shape index (κ1) is 13.6. The smallest absolute Gasteiger partial charge is 0.313 e. The highest BCUT2D eigenvalue weighted by molar-refractivity contribution is 5.78. The Hall–Kier alpha value is -1.51. The zero-order valence-electron chi connectivity index (χ0n) is 11.2. The van der Waals surface area contributed by atoms with Gasteiger partial charge in [0.25, 0.3) is 0 Å². The van der Waals surface area contributed by atoms with E-state index in [1.54, 1.807) is 7.11 Å². The van der Waals surface area contributed by atoms with E-state index < -0.39 is 0 Å². The Morgan fingerprint density at radius 3 is 2.35 bits per heavy atom. The van der Waals surface area contributed by atoms with Crippen molar-refractivity contribution < 1.29 is 14.3 Å². The van der Waals surface area contributed by atoms with Gasteiger partial charge >= 0.3 is 5.97 Å². The number of rotatable bonds is 4. The summed E-state index contributed by atoms with van der Waals surface area (Å²) in [5, 5.41) is 0. The van der Waals surface area contributed by atoms with Crippen molar-refractivity contribution in [1.82, 2.24) is 0 Å². The maximum absolute atomic E-state index is 11.7. The number of esters is 1. The van der Waals surface area contributed by atoms with Gasteiger partial charge < -0.3 is 9.47 Å². The molecular formula is C14H20O3. The van der Waals surface area contributed by atoms with Crippen molar-refractivity contribution in [1.29, 1.82) is 0 Å². The molecule has 17 heavy (non-hydrogen) atoms. The van der Waals surface area contributed by atoms with Gasteiger partial charge in [0.2, 0.25) is 0 Å². The third-order valence-electron chi connectivity index (χ3n) is 3.27. The number of benzene rings is 1. The van der Waals surface area contributed by atoms with Crippen molar-refractivity contribution in [3.8, 4) is 5.75 Å². The molecule has 1 rings (SSSR count). The summed E-state index contributed by atoms with van der Waals surface area (Å²) < 4.78 is 10.1. The molecule has 0 aliphatic heterocycles. The zero-order valence-corrected chi connectivity index (χ0v) is 11.2. The second-order valence-corrected chi connectivity index (χ2v) is 4.09. The summed E-state index contributed by atoms with van der Waals surface area (Å²) in [6.07, 6.45) is 0.735. The molecule has 0 radical (unpaired) electrons. The molecule has 0 heterocycles. The maximum atomic E-state index is 11.7. The van der Waals surface area contributed by atoms with Crippen LogP contribution in [0.15, 0.2) is 12.1 Å². The highest BCUT2D eigenvalue weighted by Gasteiger charge is 2.22. The lowest BCUT2D eigenvalue weighted by Gasteiger charge is -2.18. The van der Waals surface area contributed by atoms with Crippen LogP contribution in [0.4, 0.5) is 0 Å². The number of ether oxygens (including phenoxy) is 2. The van der Waals surface area contributed by atoms with Crippen LogP contribution >= 0.6 is 0 Å². The lowest BCUT2D eigenvalue weighted by Crippen LogP contribution is -2.15. The number of methoxy groups -OCH3 is 2. The van der Waals surface area contributed by atoms with E-state index in [9.17, 15) is 4.79 Å². The summed E-state index contributed by atoms with van der Waals surface area (Å²) in [4.78, 5) is 11.7. The third kappa shape index (κ3) is 2.60. The molecule has 1 aromatic rings. The van der Waals surface area contributed by atoms with E-state index in [0.29, 0.717) is 0 Å². The van der Waals surface area contributed by atoms with Crippen molar-refractivity contribution in [2.24, 2.45) is 0 Å². The van der Waals surface area contributed by atoms with Crippen LogP contribution in [0.25, 0.3) is 0 Å². The van der Waals surface area contributed by atoms with Crippen LogP contribution in [0.5, 0.6) is 5.75 Å². The summed E-state index contributed by atoms with van der Waals surface area (Å²) in [5.74, 6) is 0.482. The molecule has 94 valence electrons. The molecule has 0 bridgehead atoms. The zero-order chi connectivity index (χ0) is 13.0. The van der Waals surface area contributed by atoms with Gasteiger partial charge in [-0.15, -0.1) is 0 Å². The molecule has 1 unspecified atom stereocenters. The maximum Gasteiger partial charge on any atom is 0.313 e. The normalized spacial score (nSPS) is 12.1. The molecule has 0 spiro atoms. The standard InChI is InChI=1S/C14H20O3/c1-6-11(14(15)17-5)12-7-8-13(16-4)10(3)9(12)2/h7-8,11H,6H2,1-5H3. The van der Waals surface area contributed by atoms with E-state index >= 15 is 0 Å². The number of carbonyl (C=O) groups is 1. The quantitative estimate of drug-likeness (QED) is 0.754. The van der Waals surface area contributed by atoms with Gasteiger partial charge in [0.15, 0.2) is 0 Å². The molecule has 0 N–H and O–H groups in total. The first-order valence-corrected chi connectivity index (χ1v) is 5.78. The minimum atomic E-state index is -0.190. The molecule has 3 heteroatoms. The fraction of sp³-hybridized carbons (Fsp3) is 0.500. The van der Waals surface area contributed by atoms with Gasteiger partial charge in [0.05, 0.1) is 20.1 Å². The summed E-state index contributed by atoms with van der Waals surface area (Å²) in [6.45, 7) is 6.00. The average molecular weight is 236 g/mol. The van der Waals surface area contributed by atoms with Gasteiger partial charge in [-0.25, -0.2) is 0 Å². The third-order valence-corrected chi connectivity index (χ3v) is 3.27. The van der Waals surface area contributed by atoms with Crippen molar-refractivity contribution in [2.45, 2.75) is 33.1 Å². The fourth-order valence-corrected chi connectivity index (χ4v) is 2.07. The molecule has 0 amide bonds. The van der Waals surface area contributed by atoms with Gasteiger partial charge in [0.1, 0.15) is 5.75 Å².